The first-order chi connectivity index (χ1) is 15.2. The maximum Gasteiger partial charge on any atom is 0.234 e. The second-order valence-electron chi connectivity index (χ2n) is 8.32. The third-order valence-corrected chi connectivity index (χ3v) is 6.60. The number of thioether (sulfide) groups is 1. The van der Waals surface area contributed by atoms with E-state index in [0.29, 0.717) is 16.1 Å². The molecule has 1 heterocycles. The van der Waals surface area contributed by atoms with Crippen LogP contribution in [0.2, 0.25) is 5.02 Å². The molecule has 0 aliphatic rings. The van der Waals surface area contributed by atoms with Crippen molar-refractivity contribution in [1.29, 1.82) is 0 Å². The molecule has 32 heavy (non-hydrogen) atoms. The summed E-state index contributed by atoms with van der Waals surface area (Å²) >= 11 is 7.46. The Balaban J connectivity index is 1.84. The third kappa shape index (κ3) is 5.52. The number of benzene rings is 2. The van der Waals surface area contributed by atoms with Gasteiger partial charge >= 0.3 is 0 Å². The summed E-state index contributed by atoms with van der Waals surface area (Å²) in [5.74, 6) is 1.29. The highest BCUT2D eigenvalue weighted by atomic mass is 35.5. The smallest absolute Gasteiger partial charge is 0.234 e. The number of amides is 1. The Kier molecular flexibility index (Phi) is 7.98. The molecule has 1 aromatic heterocycles. The standard InChI is InChI=1S/C24H30ClN5OS/c1-15(2)20-9-7-8-16(3)22(20)26-21(31)14-32-24-28-27-23(17(4)29(5)6)30(24)19-12-10-18(25)11-13-19/h7-13,15,17H,14H2,1-6H3,(H,26,31). The van der Waals surface area contributed by atoms with E-state index in [9.17, 15) is 4.79 Å². The van der Waals surface area contributed by atoms with Crippen molar-refractivity contribution in [2.75, 3.05) is 25.2 Å². The fourth-order valence-electron chi connectivity index (χ4n) is 3.36. The lowest BCUT2D eigenvalue weighted by atomic mass is 9.98. The quantitative estimate of drug-likeness (QED) is 0.426. The summed E-state index contributed by atoms with van der Waals surface area (Å²) in [6.07, 6.45) is 0. The number of aryl methyl sites for hydroxylation is 1. The van der Waals surface area contributed by atoms with Crippen molar-refractivity contribution in [3.05, 3.63) is 64.4 Å². The normalized spacial score (nSPS) is 12.4. The van der Waals surface area contributed by atoms with E-state index in [1.807, 2.05) is 62.0 Å². The number of hydrogen-bond acceptors (Lipinski definition) is 5. The van der Waals surface area contributed by atoms with E-state index in [1.54, 1.807) is 0 Å². The van der Waals surface area contributed by atoms with Crippen LogP contribution in [0.3, 0.4) is 0 Å². The van der Waals surface area contributed by atoms with Crippen LogP contribution >= 0.6 is 23.4 Å². The van der Waals surface area contributed by atoms with E-state index >= 15 is 0 Å². The van der Waals surface area contributed by atoms with Gasteiger partial charge in [-0.1, -0.05) is 55.4 Å². The largest absolute Gasteiger partial charge is 0.325 e. The van der Waals surface area contributed by atoms with Crippen LogP contribution in [0.25, 0.3) is 5.69 Å². The number of rotatable bonds is 8. The summed E-state index contributed by atoms with van der Waals surface area (Å²) in [7, 11) is 4.00. The summed E-state index contributed by atoms with van der Waals surface area (Å²) in [5.41, 5.74) is 4.00. The maximum absolute atomic E-state index is 12.8. The van der Waals surface area contributed by atoms with Gasteiger partial charge in [-0.3, -0.25) is 14.3 Å². The molecule has 1 atom stereocenters. The highest BCUT2D eigenvalue weighted by Crippen LogP contribution is 2.30. The van der Waals surface area contributed by atoms with Crippen LogP contribution in [0.5, 0.6) is 0 Å². The van der Waals surface area contributed by atoms with Crippen LogP contribution in [-0.4, -0.2) is 45.4 Å². The minimum absolute atomic E-state index is 0.0434. The number of para-hydroxylation sites is 1. The highest BCUT2D eigenvalue weighted by molar-refractivity contribution is 7.99. The molecule has 0 fully saturated rings. The first-order valence-electron chi connectivity index (χ1n) is 10.6. The average Bonchev–Trinajstić information content (AvgIpc) is 3.17. The van der Waals surface area contributed by atoms with E-state index < -0.39 is 0 Å². The molecule has 2 aromatic carbocycles. The summed E-state index contributed by atoms with van der Waals surface area (Å²) in [4.78, 5) is 14.9. The molecular formula is C24H30ClN5OS. The van der Waals surface area contributed by atoms with Gasteiger partial charge in [0.05, 0.1) is 11.8 Å². The number of carbonyl (C=O) groups is 1. The second-order valence-corrected chi connectivity index (χ2v) is 9.70. The Morgan fingerprint density at radius 2 is 1.81 bits per heavy atom. The van der Waals surface area contributed by atoms with Gasteiger partial charge in [0.2, 0.25) is 5.91 Å². The first kappa shape index (κ1) is 24.3. The Bertz CT molecular complexity index is 1080. The maximum atomic E-state index is 12.8. The lowest BCUT2D eigenvalue weighted by molar-refractivity contribution is -0.113. The lowest BCUT2D eigenvalue weighted by Crippen LogP contribution is -2.21. The van der Waals surface area contributed by atoms with Crippen molar-refractivity contribution in [2.45, 2.75) is 44.8 Å². The van der Waals surface area contributed by atoms with E-state index in [1.165, 1.54) is 11.8 Å². The van der Waals surface area contributed by atoms with E-state index in [0.717, 1.165) is 28.3 Å². The molecule has 0 saturated carbocycles. The van der Waals surface area contributed by atoms with Gasteiger partial charge in [0.1, 0.15) is 0 Å². The molecule has 1 unspecified atom stereocenters. The van der Waals surface area contributed by atoms with Gasteiger partial charge in [-0.25, -0.2) is 0 Å². The molecule has 1 amide bonds. The van der Waals surface area contributed by atoms with Crippen LogP contribution in [-0.2, 0) is 4.79 Å². The van der Waals surface area contributed by atoms with E-state index in [2.05, 4.69) is 47.3 Å². The van der Waals surface area contributed by atoms with Crippen LogP contribution in [0.1, 0.15) is 49.7 Å². The number of hydrogen-bond donors (Lipinski definition) is 1. The van der Waals surface area contributed by atoms with Gasteiger partial charge in [-0.15, -0.1) is 10.2 Å². The summed E-state index contributed by atoms with van der Waals surface area (Å²) in [6, 6.07) is 13.7. The molecule has 0 aliphatic heterocycles. The molecule has 0 radical (unpaired) electrons. The summed E-state index contributed by atoms with van der Waals surface area (Å²) < 4.78 is 1.99. The number of anilines is 1. The number of carbonyl (C=O) groups excluding carboxylic acids is 1. The minimum atomic E-state index is -0.0703. The molecule has 0 saturated heterocycles. The van der Waals surface area contributed by atoms with Gasteiger partial charge < -0.3 is 5.32 Å². The fraction of sp³-hybridized carbons (Fsp3) is 0.375. The van der Waals surface area contributed by atoms with Crippen molar-refractivity contribution in [2.24, 2.45) is 0 Å². The van der Waals surface area contributed by atoms with Crippen molar-refractivity contribution in [1.82, 2.24) is 19.7 Å². The van der Waals surface area contributed by atoms with Crippen LogP contribution in [0, 0.1) is 6.92 Å². The summed E-state index contributed by atoms with van der Waals surface area (Å²) in [5, 5.41) is 13.3. The van der Waals surface area contributed by atoms with E-state index in [-0.39, 0.29) is 17.7 Å². The van der Waals surface area contributed by atoms with Crippen molar-refractivity contribution < 1.29 is 4.79 Å². The van der Waals surface area contributed by atoms with Gasteiger partial charge in [0.15, 0.2) is 11.0 Å². The molecule has 3 rings (SSSR count). The topological polar surface area (TPSA) is 63.1 Å². The Labute approximate surface area is 199 Å². The SMILES string of the molecule is Cc1cccc(C(C)C)c1NC(=O)CSc1nnc(C(C)N(C)C)n1-c1ccc(Cl)cc1. The summed E-state index contributed by atoms with van der Waals surface area (Å²) in [6.45, 7) is 8.34. The average molecular weight is 472 g/mol. The van der Waals surface area contributed by atoms with Gasteiger partial charge in [-0.2, -0.15) is 0 Å². The lowest BCUT2D eigenvalue weighted by Gasteiger charge is -2.20. The Morgan fingerprint density at radius 3 is 2.44 bits per heavy atom. The molecule has 8 heteroatoms. The Hall–Kier alpha value is -2.35. The molecule has 0 spiro atoms. The van der Waals surface area contributed by atoms with Gasteiger partial charge in [0.25, 0.3) is 0 Å². The Morgan fingerprint density at radius 1 is 1.12 bits per heavy atom. The highest BCUT2D eigenvalue weighted by Gasteiger charge is 2.22. The van der Waals surface area contributed by atoms with E-state index in [4.69, 9.17) is 11.6 Å². The molecule has 170 valence electrons. The second kappa shape index (κ2) is 10.5. The molecule has 0 bridgehead atoms. The van der Waals surface area contributed by atoms with Crippen molar-refractivity contribution >= 4 is 35.0 Å². The molecule has 3 aromatic rings. The monoisotopic (exact) mass is 471 g/mol. The fourth-order valence-corrected chi connectivity index (χ4v) is 4.24. The van der Waals surface area contributed by atoms with Crippen LogP contribution in [0.15, 0.2) is 47.6 Å². The zero-order chi connectivity index (χ0) is 23.4. The van der Waals surface area contributed by atoms with Gasteiger partial charge in [-0.05, 0) is 69.3 Å². The first-order valence-corrected chi connectivity index (χ1v) is 11.9. The molecule has 0 aliphatic carbocycles. The molecule has 1 N–H and O–H groups in total. The zero-order valence-electron chi connectivity index (χ0n) is 19.4. The van der Waals surface area contributed by atoms with Crippen molar-refractivity contribution in [3.8, 4) is 5.69 Å². The molecular weight excluding hydrogens is 442 g/mol. The number of nitrogens with one attached hydrogen (secondary N) is 1. The van der Waals surface area contributed by atoms with Crippen LogP contribution in [0.4, 0.5) is 5.69 Å². The van der Waals surface area contributed by atoms with Crippen LogP contribution < -0.4 is 5.32 Å². The number of aromatic nitrogens is 3. The third-order valence-electron chi connectivity index (χ3n) is 5.42. The predicted octanol–water partition coefficient (Wildman–Crippen LogP) is 5.71. The predicted molar refractivity (Wildman–Crippen MR) is 133 cm³/mol. The van der Waals surface area contributed by atoms with Gasteiger partial charge in [0, 0.05) is 16.4 Å². The minimum Gasteiger partial charge on any atom is -0.325 e. The number of halogens is 1. The van der Waals surface area contributed by atoms with Crippen molar-refractivity contribution in [3.63, 3.8) is 0 Å². The molecule has 6 nitrogen and oxygen atoms in total. The zero-order valence-corrected chi connectivity index (χ0v) is 21.0. The number of nitrogens with zero attached hydrogens (tertiary/aromatic N) is 4.